The predicted molar refractivity (Wildman–Crippen MR) is 83.7 cm³/mol. The molecule has 114 valence electrons. The number of fused-ring (bicyclic) bond motifs is 1. The van der Waals surface area contributed by atoms with Crippen molar-refractivity contribution in [2.75, 3.05) is 0 Å². The van der Waals surface area contributed by atoms with Crippen molar-refractivity contribution < 1.29 is 5.11 Å². The van der Waals surface area contributed by atoms with Gasteiger partial charge < -0.3 is 10.4 Å². The molecule has 3 aliphatic carbocycles. The number of aliphatic hydroxyl groups is 1. The highest BCUT2D eigenvalue weighted by molar-refractivity contribution is 5.30. The summed E-state index contributed by atoms with van der Waals surface area (Å²) in [7, 11) is 0. The first-order valence-corrected chi connectivity index (χ1v) is 8.75. The summed E-state index contributed by atoms with van der Waals surface area (Å²) >= 11 is 0. The first kappa shape index (κ1) is 14.6. The number of rotatable bonds is 2. The van der Waals surface area contributed by atoms with Gasteiger partial charge in [-0.15, -0.1) is 0 Å². The molecule has 0 spiro atoms. The van der Waals surface area contributed by atoms with Gasteiger partial charge in [0.15, 0.2) is 0 Å². The molecule has 0 aliphatic heterocycles. The van der Waals surface area contributed by atoms with Crippen LogP contribution in [0.3, 0.4) is 0 Å². The summed E-state index contributed by atoms with van der Waals surface area (Å²) in [6.07, 6.45) is 12.6. The highest BCUT2D eigenvalue weighted by Gasteiger charge is 2.43. The van der Waals surface area contributed by atoms with Crippen LogP contribution in [0.2, 0.25) is 0 Å². The minimum Gasteiger partial charge on any atom is -0.392 e. The summed E-state index contributed by atoms with van der Waals surface area (Å²) in [5.41, 5.74) is 3.21. The van der Waals surface area contributed by atoms with Crippen molar-refractivity contribution in [2.24, 2.45) is 5.41 Å². The molecular formula is C18H31NO. The zero-order valence-corrected chi connectivity index (χ0v) is 13.3. The smallest absolute Gasteiger partial charge is 0.0631 e. The molecule has 0 heterocycles. The van der Waals surface area contributed by atoms with Gasteiger partial charge in [0.2, 0.25) is 0 Å². The first-order valence-electron chi connectivity index (χ1n) is 8.75. The third-order valence-electron chi connectivity index (χ3n) is 6.32. The molecule has 1 unspecified atom stereocenters. The summed E-state index contributed by atoms with van der Waals surface area (Å²) in [5, 5.41) is 14.4. The van der Waals surface area contributed by atoms with Crippen LogP contribution in [0.4, 0.5) is 0 Å². The summed E-state index contributed by atoms with van der Waals surface area (Å²) in [6.45, 7) is 4.62. The number of nitrogens with one attached hydrogen (secondary N) is 1. The molecule has 3 rings (SSSR count). The van der Waals surface area contributed by atoms with E-state index in [2.05, 4.69) is 19.2 Å². The molecule has 0 amide bonds. The van der Waals surface area contributed by atoms with Crippen molar-refractivity contribution in [1.82, 2.24) is 5.32 Å². The summed E-state index contributed by atoms with van der Waals surface area (Å²) in [5.74, 6) is 0. The van der Waals surface area contributed by atoms with E-state index in [1.165, 1.54) is 51.4 Å². The zero-order chi connectivity index (χ0) is 14.2. The van der Waals surface area contributed by atoms with E-state index in [1.54, 1.807) is 11.1 Å². The van der Waals surface area contributed by atoms with E-state index in [9.17, 15) is 5.11 Å². The normalized spacial score (nSPS) is 39.8. The van der Waals surface area contributed by atoms with E-state index in [1.807, 2.05) is 0 Å². The second kappa shape index (κ2) is 5.81. The Bertz CT molecular complexity index is 383. The molecule has 0 saturated heterocycles. The Morgan fingerprint density at radius 1 is 1.05 bits per heavy atom. The van der Waals surface area contributed by atoms with Gasteiger partial charge >= 0.3 is 0 Å². The van der Waals surface area contributed by atoms with E-state index in [4.69, 9.17) is 0 Å². The average molecular weight is 277 g/mol. The molecule has 0 aromatic heterocycles. The molecule has 2 fully saturated rings. The first-order chi connectivity index (χ1) is 9.61. The highest BCUT2D eigenvalue weighted by atomic mass is 16.3. The van der Waals surface area contributed by atoms with Crippen molar-refractivity contribution in [3.05, 3.63) is 11.1 Å². The molecule has 3 aliphatic rings. The minimum atomic E-state index is -0.114. The van der Waals surface area contributed by atoms with Crippen LogP contribution in [0.25, 0.3) is 0 Å². The van der Waals surface area contributed by atoms with Crippen LogP contribution in [-0.2, 0) is 0 Å². The lowest BCUT2D eigenvalue weighted by molar-refractivity contribution is 0.0216. The highest BCUT2D eigenvalue weighted by Crippen LogP contribution is 2.49. The summed E-state index contributed by atoms with van der Waals surface area (Å²) in [6, 6.07) is 1.31. The molecule has 3 atom stereocenters. The molecule has 20 heavy (non-hydrogen) atoms. The second-order valence-corrected chi connectivity index (χ2v) is 7.58. The molecule has 0 aromatic carbocycles. The Balaban J connectivity index is 1.75. The quantitative estimate of drug-likeness (QED) is 0.749. The van der Waals surface area contributed by atoms with E-state index < -0.39 is 0 Å². The average Bonchev–Trinajstić information content (AvgIpc) is 2.46. The lowest BCUT2D eigenvalue weighted by atomic mass is 9.61. The molecule has 2 saturated carbocycles. The Labute approximate surface area is 124 Å². The van der Waals surface area contributed by atoms with Crippen LogP contribution < -0.4 is 5.32 Å². The third-order valence-corrected chi connectivity index (χ3v) is 6.32. The van der Waals surface area contributed by atoms with Gasteiger partial charge in [-0.05, 0) is 51.9 Å². The fourth-order valence-corrected chi connectivity index (χ4v) is 4.88. The minimum absolute atomic E-state index is 0.0765. The number of hydrogen-bond acceptors (Lipinski definition) is 2. The largest absolute Gasteiger partial charge is 0.392 e. The molecular weight excluding hydrogens is 246 g/mol. The zero-order valence-electron chi connectivity index (χ0n) is 13.3. The topological polar surface area (TPSA) is 32.3 Å². The molecule has 2 nitrogen and oxygen atoms in total. The fourth-order valence-electron chi connectivity index (χ4n) is 4.88. The van der Waals surface area contributed by atoms with Crippen LogP contribution in [0.5, 0.6) is 0 Å². The Morgan fingerprint density at radius 2 is 1.80 bits per heavy atom. The van der Waals surface area contributed by atoms with Crippen LogP contribution in [0, 0.1) is 5.41 Å². The summed E-state index contributed by atoms with van der Waals surface area (Å²) in [4.78, 5) is 0. The van der Waals surface area contributed by atoms with E-state index in [0.29, 0.717) is 6.04 Å². The van der Waals surface area contributed by atoms with E-state index in [-0.39, 0.29) is 11.5 Å². The fraction of sp³-hybridized carbons (Fsp3) is 0.889. The Hall–Kier alpha value is -0.340. The van der Waals surface area contributed by atoms with Gasteiger partial charge in [-0.1, -0.05) is 37.3 Å². The van der Waals surface area contributed by atoms with Crippen LogP contribution >= 0.6 is 0 Å². The second-order valence-electron chi connectivity index (χ2n) is 7.58. The summed E-state index contributed by atoms with van der Waals surface area (Å²) < 4.78 is 0. The van der Waals surface area contributed by atoms with Crippen molar-refractivity contribution in [3.8, 4) is 0 Å². The van der Waals surface area contributed by atoms with Gasteiger partial charge in [-0.3, -0.25) is 0 Å². The maximum atomic E-state index is 10.4. The van der Waals surface area contributed by atoms with Crippen molar-refractivity contribution in [1.29, 1.82) is 0 Å². The van der Waals surface area contributed by atoms with Crippen LogP contribution in [0.1, 0.15) is 78.1 Å². The maximum absolute atomic E-state index is 10.4. The molecule has 0 radical (unpaired) electrons. The van der Waals surface area contributed by atoms with Gasteiger partial charge in [0, 0.05) is 17.5 Å². The van der Waals surface area contributed by atoms with Crippen molar-refractivity contribution >= 4 is 0 Å². The molecule has 2 heteroatoms. The maximum Gasteiger partial charge on any atom is 0.0631 e. The Morgan fingerprint density at radius 3 is 2.55 bits per heavy atom. The standard InChI is InChI=1S/C18H31NO/c1-13-15-9-6-10-17(20)18(15,2)12-11-16(13)19-14-7-4-3-5-8-14/h14,16-17,19-20H,3-12H2,1-2H3/t16?,17-,18-/m0/s1. The lowest BCUT2D eigenvalue weighted by Gasteiger charge is -2.47. The molecule has 0 aromatic rings. The van der Waals surface area contributed by atoms with Gasteiger partial charge in [0.25, 0.3) is 0 Å². The Kier molecular flexibility index (Phi) is 4.24. The van der Waals surface area contributed by atoms with Crippen LogP contribution in [-0.4, -0.2) is 23.3 Å². The molecule has 0 bridgehead atoms. The van der Waals surface area contributed by atoms with Crippen LogP contribution in [0.15, 0.2) is 11.1 Å². The van der Waals surface area contributed by atoms with Gasteiger partial charge in [0.1, 0.15) is 0 Å². The SMILES string of the molecule is CC1=C2CCC[C@H](O)[C@@]2(C)CCC1NC1CCCCC1. The van der Waals surface area contributed by atoms with Gasteiger partial charge in [0.05, 0.1) is 6.10 Å². The molecule has 2 N–H and O–H groups in total. The lowest BCUT2D eigenvalue weighted by Crippen LogP contribution is -2.48. The van der Waals surface area contributed by atoms with E-state index in [0.717, 1.165) is 18.9 Å². The van der Waals surface area contributed by atoms with Gasteiger partial charge in [-0.25, -0.2) is 0 Å². The van der Waals surface area contributed by atoms with Gasteiger partial charge in [-0.2, -0.15) is 0 Å². The predicted octanol–water partition coefficient (Wildman–Crippen LogP) is 3.94. The number of hydrogen-bond donors (Lipinski definition) is 2. The number of aliphatic hydroxyl groups excluding tert-OH is 1. The monoisotopic (exact) mass is 277 g/mol. The van der Waals surface area contributed by atoms with Crippen molar-refractivity contribution in [3.63, 3.8) is 0 Å². The van der Waals surface area contributed by atoms with Crippen molar-refractivity contribution in [2.45, 2.75) is 96.2 Å². The third kappa shape index (κ3) is 2.57. The van der Waals surface area contributed by atoms with E-state index >= 15 is 0 Å².